The Morgan fingerprint density at radius 1 is 1.37 bits per heavy atom. The zero-order valence-electron chi connectivity index (χ0n) is 10.9. The zero-order valence-corrected chi connectivity index (χ0v) is 10.9. The number of ether oxygens (including phenoxy) is 1. The van der Waals surface area contributed by atoms with Crippen LogP contribution in [0, 0.1) is 0 Å². The molecule has 2 aromatic heterocycles. The molecule has 0 radical (unpaired) electrons. The van der Waals surface area contributed by atoms with Gasteiger partial charge in [-0.05, 0) is 32.1 Å². The molecule has 0 aliphatic carbocycles. The highest BCUT2D eigenvalue weighted by Gasteiger charge is 2.14. The number of H-pyrrole nitrogens is 1. The van der Waals surface area contributed by atoms with Gasteiger partial charge in [0.15, 0.2) is 11.5 Å². The van der Waals surface area contributed by atoms with Crippen molar-refractivity contribution in [1.82, 2.24) is 19.9 Å². The van der Waals surface area contributed by atoms with Crippen molar-refractivity contribution in [3.05, 3.63) is 12.2 Å². The van der Waals surface area contributed by atoms with Crippen LogP contribution in [0.2, 0.25) is 0 Å². The predicted octanol–water partition coefficient (Wildman–Crippen LogP) is 1.83. The van der Waals surface area contributed by atoms with Gasteiger partial charge in [0.25, 0.3) is 0 Å². The summed E-state index contributed by atoms with van der Waals surface area (Å²) in [6.07, 6.45) is 8.63. The van der Waals surface area contributed by atoms with E-state index in [9.17, 15) is 0 Å². The highest BCUT2D eigenvalue weighted by atomic mass is 16.5. The van der Waals surface area contributed by atoms with Crippen LogP contribution in [0.25, 0.3) is 11.2 Å². The Hall–Kier alpha value is -1.69. The fraction of sp³-hybridized carbons (Fsp3) is 0.615. The quantitative estimate of drug-likeness (QED) is 0.876. The Morgan fingerprint density at radius 2 is 2.32 bits per heavy atom. The number of nitrogens with zero attached hydrogens (tertiary/aromatic N) is 3. The lowest BCUT2D eigenvalue weighted by Crippen LogP contribution is -2.18. The van der Waals surface area contributed by atoms with Crippen LogP contribution in [0.4, 0.5) is 5.82 Å². The molecule has 1 aliphatic heterocycles. The minimum Gasteiger partial charge on any atom is -0.382 e. The van der Waals surface area contributed by atoms with Gasteiger partial charge in [0.2, 0.25) is 0 Å². The number of nitrogen functional groups attached to an aromatic ring is 1. The van der Waals surface area contributed by atoms with Crippen molar-refractivity contribution in [1.29, 1.82) is 0 Å². The lowest BCUT2D eigenvalue weighted by atomic mass is 10.0. The van der Waals surface area contributed by atoms with Crippen molar-refractivity contribution >= 4 is 17.0 Å². The molecule has 3 N–H and O–H groups in total. The Labute approximate surface area is 111 Å². The van der Waals surface area contributed by atoms with E-state index in [1.54, 1.807) is 0 Å². The average molecular weight is 261 g/mol. The second-order valence-electron chi connectivity index (χ2n) is 5.02. The van der Waals surface area contributed by atoms with Crippen LogP contribution in [0.15, 0.2) is 6.33 Å². The monoisotopic (exact) mass is 261 g/mol. The fourth-order valence-electron chi connectivity index (χ4n) is 2.54. The first-order chi connectivity index (χ1) is 9.33. The van der Waals surface area contributed by atoms with Gasteiger partial charge in [-0.25, -0.2) is 15.0 Å². The molecule has 3 heterocycles. The van der Waals surface area contributed by atoms with Crippen LogP contribution in [0.1, 0.15) is 37.9 Å². The minimum absolute atomic E-state index is 0.433. The van der Waals surface area contributed by atoms with E-state index in [1.165, 1.54) is 25.6 Å². The number of hydrogen-bond acceptors (Lipinski definition) is 5. The summed E-state index contributed by atoms with van der Waals surface area (Å²) in [4.78, 5) is 15.7. The van der Waals surface area contributed by atoms with E-state index in [0.717, 1.165) is 37.2 Å². The third-order valence-electron chi connectivity index (χ3n) is 3.58. The van der Waals surface area contributed by atoms with Gasteiger partial charge in [-0.1, -0.05) is 0 Å². The maximum absolute atomic E-state index is 5.77. The van der Waals surface area contributed by atoms with Gasteiger partial charge < -0.3 is 15.5 Å². The largest absolute Gasteiger partial charge is 0.382 e. The number of imidazole rings is 1. The zero-order chi connectivity index (χ0) is 13.1. The van der Waals surface area contributed by atoms with E-state index in [1.807, 2.05) is 0 Å². The van der Waals surface area contributed by atoms with Gasteiger partial charge in [-0.15, -0.1) is 0 Å². The number of aromatic nitrogens is 4. The number of rotatable bonds is 4. The molecule has 3 rings (SSSR count). The van der Waals surface area contributed by atoms with Gasteiger partial charge in [0.05, 0.1) is 6.10 Å². The second kappa shape index (κ2) is 5.52. The maximum Gasteiger partial charge on any atom is 0.183 e. The normalized spacial score (nSPS) is 19.9. The van der Waals surface area contributed by atoms with Crippen LogP contribution >= 0.6 is 0 Å². The average Bonchev–Trinajstić information content (AvgIpc) is 2.84. The lowest BCUT2D eigenvalue weighted by molar-refractivity contribution is 0.0101. The topological polar surface area (TPSA) is 89.7 Å². The van der Waals surface area contributed by atoms with Crippen molar-refractivity contribution in [3.63, 3.8) is 0 Å². The molecule has 0 bridgehead atoms. The minimum atomic E-state index is 0.433. The van der Waals surface area contributed by atoms with Crippen molar-refractivity contribution in [3.8, 4) is 0 Å². The molecular weight excluding hydrogens is 242 g/mol. The third-order valence-corrected chi connectivity index (χ3v) is 3.58. The molecule has 1 aliphatic rings. The summed E-state index contributed by atoms with van der Waals surface area (Å²) < 4.78 is 5.72. The van der Waals surface area contributed by atoms with E-state index < -0.39 is 0 Å². The summed E-state index contributed by atoms with van der Waals surface area (Å²) in [5, 5.41) is 0. The number of nitrogens with one attached hydrogen (secondary N) is 1. The van der Waals surface area contributed by atoms with Gasteiger partial charge >= 0.3 is 0 Å². The molecular formula is C13H19N5O. The van der Waals surface area contributed by atoms with Crippen molar-refractivity contribution in [2.24, 2.45) is 0 Å². The van der Waals surface area contributed by atoms with Crippen LogP contribution in [0.5, 0.6) is 0 Å². The molecule has 102 valence electrons. The Balaban J connectivity index is 1.57. The molecule has 1 unspecified atom stereocenters. The first kappa shape index (κ1) is 12.3. The molecule has 0 amide bonds. The smallest absolute Gasteiger partial charge is 0.183 e. The van der Waals surface area contributed by atoms with Crippen LogP contribution in [-0.4, -0.2) is 32.6 Å². The van der Waals surface area contributed by atoms with E-state index in [-0.39, 0.29) is 0 Å². The molecule has 1 fully saturated rings. The lowest BCUT2D eigenvalue weighted by Gasteiger charge is -2.22. The van der Waals surface area contributed by atoms with E-state index >= 15 is 0 Å². The number of aryl methyl sites for hydroxylation is 1. The molecule has 19 heavy (non-hydrogen) atoms. The number of nitrogens with two attached hydrogens (primary N) is 1. The second-order valence-corrected chi connectivity index (χ2v) is 5.02. The first-order valence-corrected chi connectivity index (χ1v) is 6.89. The molecule has 6 nitrogen and oxygen atoms in total. The first-order valence-electron chi connectivity index (χ1n) is 6.89. The SMILES string of the molecule is Nc1ncnc2nc(CCCC3CCCCO3)[nH]c12. The Morgan fingerprint density at radius 3 is 3.11 bits per heavy atom. The molecule has 6 heteroatoms. The third kappa shape index (κ3) is 2.84. The summed E-state index contributed by atoms with van der Waals surface area (Å²) >= 11 is 0. The van der Waals surface area contributed by atoms with Gasteiger partial charge in [0, 0.05) is 13.0 Å². The Kier molecular flexibility index (Phi) is 3.59. The molecule has 0 saturated carbocycles. The van der Waals surface area contributed by atoms with Gasteiger partial charge in [-0.3, -0.25) is 0 Å². The standard InChI is InChI=1S/C13H19N5O/c14-12-11-13(16-8-15-12)18-10(17-11)6-3-5-9-4-1-2-7-19-9/h8-9H,1-7H2,(H3,14,15,16,17,18). The van der Waals surface area contributed by atoms with E-state index in [4.69, 9.17) is 10.5 Å². The van der Waals surface area contributed by atoms with Crippen LogP contribution in [0.3, 0.4) is 0 Å². The fourth-order valence-corrected chi connectivity index (χ4v) is 2.54. The van der Waals surface area contributed by atoms with E-state index in [2.05, 4.69) is 19.9 Å². The summed E-state index contributed by atoms with van der Waals surface area (Å²) in [5.74, 6) is 1.39. The van der Waals surface area contributed by atoms with E-state index in [0.29, 0.717) is 17.6 Å². The Bertz CT molecular complexity index is 547. The predicted molar refractivity (Wildman–Crippen MR) is 72.6 cm³/mol. The highest BCUT2D eigenvalue weighted by molar-refractivity contribution is 5.80. The summed E-state index contributed by atoms with van der Waals surface area (Å²) in [6.45, 7) is 0.918. The maximum atomic E-state index is 5.77. The molecule has 1 saturated heterocycles. The van der Waals surface area contributed by atoms with Crippen LogP contribution in [-0.2, 0) is 11.2 Å². The van der Waals surface area contributed by atoms with Crippen LogP contribution < -0.4 is 5.73 Å². The molecule has 0 aromatic carbocycles. The molecule has 1 atom stereocenters. The van der Waals surface area contributed by atoms with Crippen molar-refractivity contribution in [2.75, 3.05) is 12.3 Å². The van der Waals surface area contributed by atoms with Crippen molar-refractivity contribution in [2.45, 2.75) is 44.6 Å². The summed E-state index contributed by atoms with van der Waals surface area (Å²) in [6, 6.07) is 0. The van der Waals surface area contributed by atoms with Gasteiger partial charge in [-0.2, -0.15) is 0 Å². The number of hydrogen-bond donors (Lipinski definition) is 2. The number of fused-ring (bicyclic) bond motifs is 1. The van der Waals surface area contributed by atoms with Gasteiger partial charge in [0.1, 0.15) is 17.7 Å². The summed E-state index contributed by atoms with van der Waals surface area (Å²) in [7, 11) is 0. The molecule has 2 aromatic rings. The molecule has 0 spiro atoms. The number of aromatic amines is 1. The summed E-state index contributed by atoms with van der Waals surface area (Å²) in [5.41, 5.74) is 7.16. The van der Waals surface area contributed by atoms with Crippen molar-refractivity contribution < 1.29 is 4.74 Å². The highest BCUT2D eigenvalue weighted by Crippen LogP contribution is 2.19. The number of anilines is 1.